The Balaban J connectivity index is 1.64. The van der Waals surface area contributed by atoms with Crippen LogP contribution < -0.4 is 4.74 Å². The molecule has 2 heteroatoms. The van der Waals surface area contributed by atoms with E-state index in [1.54, 1.807) is 0 Å². The molecule has 4 rings (SSSR count). The van der Waals surface area contributed by atoms with Gasteiger partial charge in [0.1, 0.15) is 12.4 Å². The van der Waals surface area contributed by atoms with Crippen molar-refractivity contribution in [1.82, 2.24) is 4.90 Å². The molecule has 0 bridgehead atoms. The number of hydrogen-bond donors (Lipinski definition) is 0. The van der Waals surface area contributed by atoms with Crippen molar-refractivity contribution in [1.29, 1.82) is 0 Å². The number of fused-ring (bicyclic) bond motifs is 2. The summed E-state index contributed by atoms with van der Waals surface area (Å²) in [5.41, 5.74) is 4.11. The quantitative estimate of drug-likeness (QED) is 0.675. The van der Waals surface area contributed by atoms with Gasteiger partial charge >= 0.3 is 0 Å². The first-order valence-corrected chi connectivity index (χ1v) is 10.4. The molecule has 0 saturated carbocycles. The standard InChI is InChI=1S/C24H31NO/c1-2-3-9-19-10-8-16-25(17-15-19)24-21-12-5-4-11-20(21)18-26-23-14-7-6-13-22(23)24/h4-7,11-14,19,24H,2-3,8-10,15-18H2,1H3. The number of unbranched alkanes of at least 4 members (excludes halogenated alkanes) is 1. The van der Waals surface area contributed by atoms with Gasteiger partial charge in [-0.05, 0) is 55.5 Å². The van der Waals surface area contributed by atoms with Gasteiger partial charge in [0, 0.05) is 5.56 Å². The molecule has 2 aromatic rings. The van der Waals surface area contributed by atoms with Gasteiger partial charge in [0.05, 0.1) is 6.04 Å². The van der Waals surface area contributed by atoms with Crippen molar-refractivity contribution < 1.29 is 4.74 Å². The summed E-state index contributed by atoms with van der Waals surface area (Å²) in [5, 5.41) is 0. The summed E-state index contributed by atoms with van der Waals surface area (Å²) in [7, 11) is 0. The zero-order valence-electron chi connectivity index (χ0n) is 16.0. The molecule has 138 valence electrons. The zero-order valence-corrected chi connectivity index (χ0v) is 16.0. The van der Waals surface area contributed by atoms with Crippen LogP contribution in [0.5, 0.6) is 5.75 Å². The molecule has 2 aliphatic rings. The molecular formula is C24H31NO. The molecule has 0 radical (unpaired) electrons. The maximum atomic E-state index is 6.17. The second-order valence-electron chi connectivity index (χ2n) is 7.90. The zero-order chi connectivity index (χ0) is 17.8. The van der Waals surface area contributed by atoms with Crippen LogP contribution in [0.3, 0.4) is 0 Å². The van der Waals surface area contributed by atoms with Crippen molar-refractivity contribution in [2.45, 2.75) is 58.1 Å². The monoisotopic (exact) mass is 349 g/mol. The van der Waals surface area contributed by atoms with E-state index in [9.17, 15) is 0 Å². The van der Waals surface area contributed by atoms with Gasteiger partial charge in [-0.3, -0.25) is 4.90 Å². The Hall–Kier alpha value is -1.80. The minimum atomic E-state index is 0.329. The van der Waals surface area contributed by atoms with Gasteiger partial charge in [0.25, 0.3) is 0 Å². The Morgan fingerprint density at radius 3 is 2.65 bits per heavy atom. The van der Waals surface area contributed by atoms with Crippen LogP contribution in [0.15, 0.2) is 48.5 Å². The minimum absolute atomic E-state index is 0.329. The minimum Gasteiger partial charge on any atom is -0.489 e. The summed E-state index contributed by atoms with van der Waals surface area (Å²) >= 11 is 0. The van der Waals surface area contributed by atoms with Gasteiger partial charge < -0.3 is 4.74 Å². The molecule has 0 amide bonds. The smallest absolute Gasteiger partial charge is 0.124 e. The number of para-hydroxylation sites is 1. The molecular weight excluding hydrogens is 318 g/mol. The molecule has 1 saturated heterocycles. The summed E-state index contributed by atoms with van der Waals surface area (Å²) in [6.07, 6.45) is 8.15. The number of rotatable bonds is 4. The van der Waals surface area contributed by atoms with E-state index in [1.807, 2.05) is 0 Å². The Bertz CT molecular complexity index is 678. The summed E-state index contributed by atoms with van der Waals surface area (Å²) in [6.45, 7) is 5.37. The number of hydrogen-bond acceptors (Lipinski definition) is 2. The number of ether oxygens (including phenoxy) is 1. The van der Waals surface area contributed by atoms with Crippen LogP contribution in [0, 0.1) is 5.92 Å². The Labute approximate surface area is 158 Å². The van der Waals surface area contributed by atoms with E-state index in [1.165, 1.54) is 68.3 Å². The first-order chi connectivity index (χ1) is 12.9. The molecule has 2 unspecified atom stereocenters. The lowest BCUT2D eigenvalue weighted by atomic mass is 9.93. The van der Waals surface area contributed by atoms with Gasteiger partial charge in [0.15, 0.2) is 0 Å². The van der Waals surface area contributed by atoms with Gasteiger partial charge in [-0.15, -0.1) is 0 Å². The van der Waals surface area contributed by atoms with Crippen LogP contribution in [0.2, 0.25) is 0 Å². The molecule has 2 aromatic carbocycles. The number of nitrogens with zero attached hydrogens (tertiary/aromatic N) is 1. The maximum Gasteiger partial charge on any atom is 0.124 e. The van der Waals surface area contributed by atoms with Crippen LogP contribution in [-0.2, 0) is 6.61 Å². The van der Waals surface area contributed by atoms with Crippen LogP contribution in [-0.4, -0.2) is 18.0 Å². The van der Waals surface area contributed by atoms with Gasteiger partial charge in [0.2, 0.25) is 0 Å². The average molecular weight is 350 g/mol. The van der Waals surface area contributed by atoms with Crippen molar-refractivity contribution in [3.63, 3.8) is 0 Å². The summed E-state index contributed by atoms with van der Waals surface area (Å²) < 4.78 is 6.17. The van der Waals surface area contributed by atoms with E-state index in [0.717, 1.165) is 11.7 Å². The summed E-state index contributed by atoms with van der Waals surface area (Å²) in [5.74, 6) is 1.97. The molecule has 0 spiro atoms. The first-order valence-electron chi connectivity index (χ1n) is 10.4. The third-order valence-corrected chi connectivity index (χ3v) is 6.16. The van der Waals surface area contributed by atoms with E-state index in [-0.39, 0.29) is 0 Å². The van der Waals surface area contributed by atoms with Crippen molar-refractivity contribution in [2.75, 3.05) is 13.1 Å². The first kappa shape index (κ1) is 17.6. The molecule has 0 aromatic heterocycles. The van der Waals surface area contributed by atoms with Crippen LogP contribution >= 0.6 is 0 Å². The van der Waals surface area contributed by atoms with Gasteiger partial charge in [-0.2, -0.15) is 0 Å². The number of benzene rings is 2. The fourth-order valence-corrected chi connectivity index (χ4v) is 4.71. The molecule has 1 fully saturated rings. The molecule has 2 aliphatic heterocycles. The van der Waals surface area contributed by atoms with E-state index >= 15 is 0 Å². The summed E-state index contributed by atoms with van der Waals surface area (Å²) in [4.78, 5) is 2.72. The van der Waals surface area contributed by atoms with E-state index in [2.05, 4.69) is 60.4 Å². The van der Waals surface area contributed by atoms with Crippen molar-refractivity contribution in [3.8, 4) is 5.75 Å². The predicted molar refractivity (Wildman–Crippen MR) is 107 cm³/mol. The average Bonchev–Trinajstić information content (AvgIpc) is 3.01. The third kappa shape index (κ3) is 3.66. The normalized spacial score (nSPS) is 23.3. The molecule has 26 heavy (non-hydrogen) atoms. The summed E-state index contributed by atoms with van der Waals surface area (Å²) in [6, 6.07) is 17.8. The Morgan fingerprint density at radius 1 is 0.962 bits per heavy atom. The third-order valence-electron chi connectivity index (χ3n) is 6.16. The lowest BCUT2D eigenvalue weighted by Crippen LogP contribution is -2.31. The van der Waals surface area contributed by atoms with Crippen molar-refractivity contribution in [3.05, 3.63) is 65.2 Å². The topological polar surface area (TPSA) is 12.5 Å². The fraction of sp³-hybridized carbons (Fsp3) is 0.500. The van der Waals surface area contributed by atoms with Gasteiger partial charge in [-0.1, -0.05) is 68.7 Å². The highest BCUT2D eigenvalue weighted by Crippen LogP contribution is 2.40. The highest BCUT2D eigenvalue weighted by Gasteiger charge is 2.30. The van der Waals surface area contributed by atoms with E-state index in [0.29, 0.717) is 12.6 Å². The van der Waals surface area contributed by atoms with Crippen molar-refractivity contribution in [2.24, 2.45) is 5.92 Å². The van der Waals surface area contributed by atoms with E-state index in [4.69, 9.17) is 4.74 Å². The van der Waals surface area contributed by atoms with Crippen molar-refractivity contribution >= 4 is 0 Å². The highest BCUT2D eigenvalue weighted by molar-refractivity contribution is 5.46. The number of likely N-dealkylation sites (tertiary alicyclic amines) is 1. The Kier molecular flexibility index (Phi) is 5.59. The molecule has 0 aliphatic carbocycles. The van der Waals surface area contributed by atoms with Gasteiger partial charge in [-0.25, -0.2) is 0 Å². The lowest BCUT2D eigenvalue weighted by Gasteiger charge is -2.32. The molecule has 2 nitrogen and oxygen atoms in total. The molecule has 2 atom stereocenters. The fourth-order valence-electron chi connectivity index (χ4n) is 4.71. The molecule has 0 N–H and O–H groups in total. The van der Waals surface area contributed by atoms with Crippen LogP contribution in [0.25, 0.3) is 0 Å². The largest absolute Gasteiger partial charge is 0.489 e. The highest BCUT2D eigenvalue weighted by atomic mass is 16.5. The second-order valence-corrected chi connectivity index (χ2v) is 7.90. The van der Waals surface area contributed by atoms with Crippen LogP contribution in [0.4, 0.5) is 0 Å². The second kappa shape index (κ2) is 8.26. The SMILES string of the molecule is CCCCC1CCCN(C2c3ccccc3COc3ccccc32)CC1. The predicted octanol–water partition coefficient (Wildman–Crippen LogP) is 5.96. The molecule has 2 heterocycles. The maximum absolute atomic E-state index is 6.17. The lowest BCUT2D eigenvalue weighted by molar-refractivity contribution is 0.229. The van der Waals surface area contributed by atoms with E-state index < -0.39 is 0 Å². The Morgan fingerprint density at radius 2 is 1.77 bits per heavy atom. The van der Waals surface area contributed by atoms with Crippen LogP contribution in [0.1, 0.15) is 68.2 Å².